The van der Waals surface area contributed by atoms with Gasteiger partial charge in [0.1, 0.15) is 17.3 Å². The van der Waals surface area contributed by atoms with Crippen molar-refractivity contribution in [3.05, 3.63) is 22.6 Å². The Morgan fingerprint density at radius 2 is 2.11 bits per heavy atom. The first kappa shape index (κ1) is 19.2. The van der Waals surface area contributed by atoms with Crippen LogP contribution in [-0.4, -0.2) is 63.2 Å². The fourth-order valence-corrected chi connectivity index (χ4v) is 4.59. The van der Waals surface area contributed by atoms with Crippen LogP contribution in [-0.2, 0) is 4.74 Å². The Kier molecular flexibility index (Phi) is 4.45. The summed E-state index contributed by atoms with van der Waals surface area (Å²) < 4.78 is 25.4. The lowest BCUT2D eigenvalue weighted by Crippen LogP contribution is -2.65. The summed E-state index contributed by atoms with van der Waals surface area (Å²) in [6.45, 7) is 7.64. The molecule has 9 heteroatoms. The molecule has 0 unspecified atom stereocenters. The van der Waals surface area contributed by atoms with Crippen LogP contribution in [0.15, 0.2) is 6.07 Å². The van der Waals surface area contributed by atoms with E-state index in [4.69, 9.17) is 21.1 Å². The molecule has 0 radical (unpaired) electrons. The van der Waals surface area contributed by atoms with Gasteiger partial charge in [-0.25, -0.2) is 9.18 Å². The molecule has 2 fully saturated rings. The summed E-state index contributed by atoms with van der Waals surface area (Å²) >= 11 is 5.78. The molecule has 0 aliphatic carbocycles. The number of amides is 2. The molecule has 2 bridgehead atoms. The zero-order valence-corrected chi connectivity index (χ0v) is 17.0. The van der Waals surface area contributed by atoms with E-state index in [0.717, 1.165) is 18.9 Å². The summed E-state index contributed by atoms with van der Waals surface area (Å²) in [6, 6.07) is 0.320. The summed E-state index contributed by atoms with van der Waals surface area (Å²) in [6.07, 6.45) is 0.684. The number of fused-ring (bicyclic) bond motifs is 5. The van der Waals surface area contributed by atoms with Crippen molar-refractivity contribution in [3.8, 4) is 5.88 Å². The van der Waals surface area contributed by atoms with E-state index in [1.165, 1.54) is 0 Å². The topological polar surface area (TPSA) is 72.0 Å². The van der Waals surface area contributed by atoms with Crippen molar-refractivity contribution < 1.29 is 23.5 Å². The van der Waals surface area contributed by atoms with Crippen LogP contribution in [0.2, 0.25) is 5.15 Å². The van der Waals surface area contributed by atoms with Gasteiger partial charge >= 0.3 is 6.09 Å². The summed E-state index contributed by atoms with van der Waals surface area (Å²) in [5.74, 6) is -1.09. The third kappa shape index (κ3) is 3.07. The van der Waals surface area contributed by atoms with Crippen molar-refractivity contribution in [1.29, 1.82) is 0 Å². The Bertz CT molecular complexity index is 843. The van der Waals surface area contributed by atoms with Gasteiger partial charge in [-0.3, -0.25) is 9.69 Å². The van der Waals surface area contributed by atoms with E-state index in [1.54, 1.807) is 9.80 Å². The van der Waals surface area contributed by atoms with E-state index in [0.29, 0.717) is 6.54 Å². The predicted octanol–water partition coefficient (Wildman–Crippen LogP) is 3.25. The highest BCUT2D eigenvalue weighted by atomic mass is 35.5. The first-order chi connectivity index (χ1) is 13.1. The smallest absolute Gasteiger partial charge is 0.410 e. The lowest BCUT2D eigenvalue weighted by Gasteiger charge is -2.47. The van der Waals surface area contributed by atoms with Crippen molar-refractivity contribution in [2.75, 3.05) is 6.54 Å². The van der Waals surface area contributed by atoms with Crippen LogP contribution in [0.5, 0.6) is 5.88 Å². The number of piperazine rings is 1. The Balaban J connectivity index is 1.69. The molecule has 3 aliphatic heterocycles. The molecule has 2 amide bonds. The largest absolute Gasteiger partial charge is 0.472 e. The van der Waals surface area contributed by atoms with Crippen LogP contribution in [0.1, 0.15) is 50.9 Å². The highest BCUT2D eigenvalue weighted by Crippen LogP contribution is 2.40. The number of rotatable bonds is 0. The second kappa shape index (κ2) is 6.47. The molecule has 0 N–H and O–H groups in total. The molecule has 1 aromatic heterocycles. The number of hydrogen-bond donors (Lipinski definition) is 0. The zero-order chi connectivity index (χ0) is 20.4. The first-order valence-electron chi connectivity index (χ1n) is 9.42. The van der Waals surface area contributed by atoms with Gasteiger partial charge in [-0.05, 0) is 46.6 Å². The maximum atomic E-state index is 13.9. The quantitative estimate of drug-likeness (QED) is 0.613. The number of halogens is 2. The van der Waals surface area contributed by atoms with Gasteiger partial charge in [0, 0.05) is 6.54 Å². The van der Waals surface area contributed by atoms with Crippen LogP contribution in [0.4, 0.5) is 9.18 Å². The Morgan fingerprint density at radius 3 is 2.79 bits per heavy atom. The minimum absolute atomic E-state index is 0.0259. The van der Waals surface area contributed by atoms with Crippen LogP contribution in [0.3, 0.4) is 0 Å². The molecule has 4 rings (SSSR count). The normalized spacial score (nSPS) is 29.0. The van der Waals surface area contributed by atoms with Crippen LogP contribution < -0.4 is 4.74 Å². The first-order valence-corrected chi connectivity index (χ1v) is 9.79. The number of aromatic nitrogens is 1. The van der Waals surface area contributed by atoms with E-state index >= 15 is 0 Å². The van der Waals surface area contributed by atoms with Gasteiger partial charge in [0.25, 0.3) is 5.91 Å². The van der Waals surface area contributed by atoms with E-state index in [-0.39, 0.29) is 46.7 Å². The highest BCUT2D eigenvalue weighted by Gasteiger charge is 2.54. The van der Waals surface area contributed by atoms with E-state index in [1.807, 2.05) is 27.7 Å². The molecular weight excluding hydrogens is 389 g/mol. The molecular formula is C19H23ClFN3O4. The maximum Gasteiger partial charge on any atom is 0.410 e. The van der Waals surface area contributed by atoms with Crippen LogP contribution in [0.25, 0.3) is 0 Å². The maximum absolute atomic E-state index is 13.9. The van der Waals surface area contributed by atoms with Gasteiger partial charge in [-0.1, -0.05) is 11.6 Å². The van der Waals surface area contributed by atoms with Crippen molar-refractivity contribution in [3.63, 3.8) is 0 Å². The molecule has 0 aromatic carbocycles. The van der Waals surface area contributed by atoms with Crippen molar-refractivity contribution in [2.45, 2.75) is 70.4 Å². The Labute approximate surface area is 167 Å². The van der Waals surface area contributed by atoms with Gasteiger partial charge in [-0.2, -0.15) is 4.98 Å². The average molecular weight is 412 g/mol. The lowest BCUT2D eigenvalue weighted by molar-refractivity contribution is -0.0350. The predicted molar refractivity (Wildman–Crippen MR) is 99.0 cm³/mol. The molecule has 0 spiro atoms. The second-order valence-corrected chi connectivity index (χ2v) is 8.93. The number of hydrogen-bond acceptors (Lipinski definition) is 5. The van der Waals surface area contributed by atoms with Gasteiger partial charge in [0.2, 0.25) is 5.88 Å². The van der Waals surface area contributed by atoms with Gasteiger partial charge in [0.15, 0.2) is 11.0 Å². The molecule has 7 nitrogen and oxygen atoms in total. The molecule has 152 valence electrons. The second-order valence-electron chi connectivity index (χ2n) is 8.57. The van der Waals surface area contributed by atoms with E-state index < -0.39 is 17.5 Å². The monoisotopic (exact) mass is 411 g/mol. The van der Waals surface area contributed by atoms with Gasteiger partial charge in [-0.15, -0.1) is 0 Å². The summed E-state index contributed by atoms with van der Waals surface area (Å²) in [5.41, 5.74) is -0.551. The standard InChI is InChI=1S/C19H23ClFN3O4/c1-9-14-13-6-5-10(24(13)18(26)28-19(2,3)4)8-23(14)17(25)11-7-12(21)15(20)22-16(11)27-9/h7,9-10,13-14H,5-6,8H2,1-4H3/t9-,10+,13-,14+/m0/s1. The zero-order valence-electron chi connectivity index (χ0n) is 16.2. The summed E-state index contributed by atoms with van der Waals surface area (Å²) in [4.78, 5) is 33.3. The molecule has 2 saturated heterocycles. The molecule has 0 saturated carbocycles. The number of carbonyl (C=O) groups excluding carboxylic acids is 2. The fraction of sp³-hybridized carbons (Fsp3) is 0.632. The summed E-state index contributed by atoms with van der Waals surface area (Å²) in [5, 5.41) is -0.337. The lowest BCUT2D eigenvalue weighted by atomic mass is 9.98. The fourth-order valence-electron chi connectivity index (χ4n) is 4.46. The third-order valence-corrected chi connectivity index (χ3v) is 5.75. The number of ether oxygens (including phenoxy) is 2. The average Bonchev–Trinajstić information content (AvgIpc) is 2.84. The minimum atomic E-state index is -0.765. The SMILES string of the molecule is C[C@@H]1Oc2nc(Cl)c(F)cc2C(=O)N2C[C@H]3CC[C@@H]([C@@H]12)N3C(=O)OC(C)(C)C. The molecule has 1 aromatic rings. The third-order valence-electron chi connectivity index (χ3n) is 5.48. The van der Waals surface area contributed by atoms with Crippen LogP contribution in [0, 0.1) is 5.82 Å². The highest BCUT2D eigenvalue weighted by molar-refractivity contribution is 6.29. The van der Waals surface area contributed by atoms with Crippen molar-refractivity contribution in [1.82, 2.24) is 14.8 Å². The molecule has 3 aliphatic rings. The van der Waals surface area contributed by atoms with Crippen molar-refractivity contribution in [2.24, 2.45) is 0 Å². The minimum Gasteiger partial charge on any atom is -0.472 e. The van der Waals surface area contributed by atoms with E-state index in [9.17, 15) is 14.0 Å². The van der Waals surface area contributed by atoms with Gasteiger partial charge < -0.3 is 14.4 Å². The number of carbonyl (C=O) groups is 2. The van der Waals surface area contributed by atoms with Gasteiger partial charge in [0.05, 0.1) is 18.1 Å². The Hall–Kier alpha value is -2.09. The van der Waals surface area contributed by atoms with E-state index in [2.05, 4.69) is 4.98 Å². The summed E-state index contributed by atoms with van der Waals surface area (Å²) in [7, 11) is 0. The molecule has 4 atom stereocenters. The van der Waals surface area contributed by atoms with Crippen molar-refractivity contribution >= 4 is 23.6 Å². The Morgan fingerprint density at radius 1 is 1.39 bits per heavy atom. The van der Waals surface area contributed by atoms with Crippen LogP contribution >= 0.6 is 11.6 Å². The number of nitrogens with zero attached hydrogens (tertiary/aromatic N) is 3. The molecule has 4 heterocycles. The molecule has 28 heavy (non-hydrogen) atoms. The number of pyridine rings is 1.